The molecular formula is C18H22N2O. The summed E-state index contributed by atoms with van der Waals surface area (Å²) in [5, 5.41) is 0. The Kier molecular flexibility index (Phi) is 3.60. The van der Waals surface area contributed by atoms with Gasteiger partial charge in [-0.2, -0.15) is 0 Å². The van der Waals surface area contributed by atoms with Gasteiger partial charge in [0.15, 0.2) is 0 Å². The minimum absolute atomic E-state index is 0.200. The molecule has 3 rings (SSSR count). The second-order valence-corrected chi connectivity index (χ2v) is 5.95. The molecule has 0 spiro atoms. The number of anilines is 2. The summed E-state index contributed by atoms with van der Waals surface area (Å²) in [5.74, 6) is 0. The standard InChI is InChI=1S/C18H22N2O/c1-19(2)15-9-5-13(6-10-15)17-18(21-17)14-7-11-16(12-8-14)20(3)4/h5-12,17-18H,1-4H3/t17-,18+. The molecule has 110 valence electrons. The lowest BCUT2D eigenvalue weighted by atomic mass is 10.0. The van der Waals surface area contributed by atoms with Gasteiger partial charge in [0.05, 0.1) is 0 Å². The van der Waals surface area contributed by atoms with Crippen molar-refractivity contribution < 1.29 is 4.74 Å². The number of nitrogens with zero attached hydrogens (tertiary/aromatic N) is 2. The van der Waals surface area contributed by atoms with Crippen molar-refractivity contribution >= 4 is 11.4 Å². The van der Waals surface area contributed by atoms with Crippen LogP contribution >= 0.6 is 0 Å². The maximum absolute atomic E-state index is 5.86. The van der Waals surface area contributed by atoms with Crippen molar-refractivity contribution in [2.75, 3.05) is 38.0 Å². The van der Waals surface area contributed by atoms with Crippen molar-refractivity contribution in [3.63, 3.8) is 0 Å². The lowest BCUT2D eigenvalue weighted by molar-refractivity contribution is 0.377. The Morgan fingerprint density at radius 1 is 0.619 bits per heavy atom. The first kappa shape index (κ1) is 14.0. The Morgan fingerprint density at radius 3 is 1.24 bits per heavy atom. The molecule has 0 amide bonds. The van der Waals surface area contributed by atoms with E-state index >= 15 is 0 Å². The normalized spacial score (nSPS) is 20.2. The monoisotopic (exact) mass is 282 g/mol. The van der Waals surface area contributed by atoms with Crippen LogP contribution in [-0.2, 0) is 4.74 Å². The molecule has 2 aromatic carbocycles. The Hall–Kier alpha value is -2.00. The second kappa shape index (κ2) is 5.41. The Bertz CT molecular complexity index is 547. The fourth-order valence-electron chi connectivity index (χ4n) is 2.54. The first-order chi connectivity index (χ1) is 10.1. The fraction of sp³-hybridized carbons (Fsp3) is 0.333. The van der Waals surface area contributed by atoms with E-state index in [1.807, 2.05) is 0 Å². The molecule has 0 N–H and O–H groups in total. The molecule has 1 heterocycles. The van der Waals surface area contributed by atoms with Gasteiger partial charge in [0, 0.05) is 39.6 Å². The molecule has 1 saturated heterocycles. The van der Waals surface area contributed by atoms with Crippen LogP contribution in [0.2, 0.25) is 0 Å². The quantitative estimate of drug-likeness (QED) is 0.798. The SMILES string of the molecule is CN(C)c1ccc([C@H]2O[C@H]2c2ccc(N(C)C)cc2)cc1. The average molecular weight is 282 g/mol. The van der Waals surface area contributed by atoms with Gasteiger partial charge in [0.25, 0.3) is 0 Å². The third-order valence-electron chi connectivity index (χ3n) is 3.97. The maximum atomic E-state index is 5.86. The molecule has 0 bridgehead atoms. The van der Waals surface area contributed by atoms with Gasteiger partial charge in [-0.25, -0.2) is 0 Å². The summed E-state index contributed by atoms with van der Waals surface area (Å²) in [5.41, 5.74) is 4.93. The van der Waals surface area contributed by atoms with Gasteiger partial charge >= 0.3 is 0 Å². The van der Waals surface area contributed by atoms with E-state index in [1.165, 1.54) is 22.5 Å². The van der Waals surface area contributed by atoms with Gasteiger partial charge in [-0.3, -0.25) is 0 Å². The Balaban J connectivity index is 1.70. The smallest absolute Gasteiger partial charge is 0.114 e. The molecule has 1 aliphatic rings. The molecule has 0 radical (unpaired) electrons. The number of benzene rings is 2. The molecule has 3 heteroatoms. The fourth-order valence-corrected chi connectivity index (χ4v) is 2.54. The molecule has 1 fully saturated rings. The average Bonchev–Trinajstić information content (AvgIpc) is 3.28. The largest absolute Gasteiger partial charge is 0.378 e. The van der Waals surface area contributed by atoms with Crippen LogP contribution in [0, 0.1) is 0 Å². The highest BCUT2D eigenvalue weighted by molar-refractivity contribution is 5.49. The van der Waals surface area contributed by atoms with Crippen LogP contribution in [0.1, 0.15) is 23.3 Å². The van der Waals surface area contributed by atoms with Crippen LogP contribution in [0.3, 0.4) is 0 Å². The highest BCUT2D eigenvalue weighted by Crippen LogP contribution is 2.51. The van der Waals surface area contributed by atoms with E-state index < -0.39 is 0 Å². The van der Waals surface area contributed by atoms with E-state index in [-0.39, 0.29) is 12.2 Å². The summed E-state index contributed by atoms with van der Waals surface area (Å²) >= 11 is 0. The number of ether oxygens (including phenoxy) is 1. The van der Waals surface area contributed by atoms with Crippen molar-refractivity contribution in [3.05, 3.63) is 59.7 Å². The van der Waals surface area contributed by atoms with E-state index in [4.69, 9.17) is 4.74 Å². The summed E-state index contributed by atoms with van der Waals surface area (Å²) in [6, 6.07) is 17.2. The van der Waals surface area contributed by atoms with Gasteiger partial charge in [-0.1, -0.05) is 24.3 Å². The zero-order chi connectivity index (χ0) is 15.0. The van der Waals surface area contributed by atoms with E-state index in [0.717, 1.165) is 0 Å². The van der Waals surface area contributed by atoms with Gasteiger partial charge in [0.2, 0.25) is 0 Å². The number of hydrogen-bond acceptors (Lipinski definition) is 3. The second-order valence-electron chi connectivity index (χ2n) is 5.95. The minimum Gasteiger partial charge on any atom is -0.378 e. The van der Waals surface area contributed by atoms with Gasteiger partial charge in [-0.15, -0.1) is 0 Å². The van der Waals surface area contributed by atoms with Crippen molar-refractivity contribution in [2.24, 2.45) is 0 Å². The van der Waals surface area contributed by atoms with Crippen LogP contribution in [-0.4, -0.2) is 28.2 Å². The third-order valence-corrected chi connectivity index (χ3v) is 3.97. The molecule has 3 nitrogen and oxygen atoms in total. The lowest BCUT2D eigenvalue weighted by Crippen LogP contribution is -2.08. The predicted octanol–water partition coefficient (Wildman–Crippen LogP) is 3.63. The Morgan fingerprint density at radius 2 is 0.952 bits per heavy atom. The highest BCUT2D eigenvalue weighted by Gasteiger charge is 2.41. The highest BCUT2D eigenvalue weighted by atomic mass is 16.6. The maximum Gasteiger partial charge on any atom is 0.114 e. The molecule has 2 aromatic rings. The third kappa shape index (κ3) is 2.88. The zero-order valence-corrected chi connectivity index (χ0v) is 13.1. The topological polar surface area (TPSA) is 19.0 Å². The number of hydrogen-bond donors (Lipinski definition) is 0. The molecule has 0 aromatic heterocycles. The van der Waals surface area contributed by atoms with Crippen LogP contribution in [0.4, 0.5) is 11.4 Å². The summed E-state index contributed by atoms with van der Waals surface area (Å²) in [6.07, 6.45) is 0.401. The first-order valence-electron chi connectivity index (χ1n) is 7.26. The van der Waals surface area contributed by atoms with Crippen LogP contribution in [0.25, 0.3) is 0 Å². The summed E-state index contributed by atoms with van der Waals surface area (Å²) < 4.78 is 5.86. The van der Waals surface area contributed by atoms with E-state index in [2.05, 4.69) is 86.5 Å². The van der Waals surface area contributed by atoms with Crippen molar-refractivity contribution in [1.29, 1.82) is 0 Å². The molecule has 0 aliphatic carbocycles. The molecular weight excluding hydrogens is 260 g/mol. The molecule has 2 atom stereocenters. The van der Waals surface area contributed by atoms with E-state index in [1.54, 1.807) is 0 Å². The van der Waals surface area contributed by atoms with Crippen LogP contribution in [0.5, 0.6) is 0 Å². The van der Waals surface area contributed by atoms with Crippen molar-refractivity contribution in [1.82, 2.24) is 0 Å². The van der Waals surface area contributed by atoms with Gasteiger partial charge in [-0.05, 0) is 35.4 Å². The van der Waals surface area contributed by atoms with Crippen LogP contribution < -0.4 is 9.80 Å². The number of epoxide rings is 1. The van der Waals surface area contributed by atoms with Crippen molar-refractivity contribution in [3.8, 4) is 0 Å². The van der Waals surface area contributed by atoms with Gasteiger partial charge < -0.3 is 14.5 Å². The van der Waals surface area contributed by atoms with Gasteiger partial charge in [0.1, 0.15) is 12.2 Å². The van der Waals surface area contributed by atoms with Crippen LogP contribution in [0.15, 0.2) is 48.5 Å². The van der Waals surface area contributed by atoms with E-state index in [0.29, 0.717) is 0 Å². The summed E-state index contributed by atoms with van der Waals surface area (Å²) in [4.78, 5) is 4.21. The predicted molar refractivity (Wildman–Crippen MR) is 88.1 cm³/mol. The molecule has 0 unspecified atom stereocenters. The van der Waals surface area contributed by atoms with E-state index in [9.17, 15) is 0 Å². The van der Waals surface area contributed by atoms with Crippen molar-refractivity contribution in [2.45, 2.75) is 12.2 Å². The molecule has 21 heavy (non-hydrogen) atoms. The number of rotatable bonds is 4. The summed E-state index contributed by atoms with van der Waals surface area (Å²) in [7, 11) is 8.21. The molecule has 1 aliphatic heterocycles. The lowest BCUT2D eigenvalue weighted by Gasteiger charge is -2.12. The Labute approximate surface area is 126 Å². The summed E-state index contributed by atoms with van der Waals surface area (Å²) in [6.45, 7) is 0. The first-order valence-corrected chi connectivity index (χ1v) is 7.26. The molecule has 0 saturated carbocycles. The minimum atomic E-state index is 0.200. The zero-order valence-electron chi connectivity index (χ0n) is 13.1.